The maximum Gasteiger partial charge on any atom is 0.231 e. The molecule has 9 nitrogen and oxygen atoms in total. The van der Waals surface area contributed by atoms with Crippen molar-refractivity contribution in [2.75, 3.05) is 11.1 Å². The fourth-order valence-corrected chi connectivity index (χ4v) is 3.92. The number of nitrogens with one attached hydrogen (secondary N) is 1. The van der Waals surface area contributed by atoms with Crippen LogP contribution in [0.5, 0.6) is 0 Å². The van der Waals surface area contributed by atoms with Crippen molar-refractivity contribution in [2.45, 2.75) is 20.3 Å². The summed E-state index contributed by atoms with van der Waals surface area (Å²) in [6, 6.07) is 13.0. The molecule has 0 aliphatic heterocycles. The lowest BCUT2D eigenvalue weighted by molar-refractivity contribution is -0.115. The maximum absolute atomic E-state index is 12.7. The molecule has 4 aromatic heterocycles. The smallest absolute Gasteiger partial charge is 0.231 e. The van der Waals surface area contributed by atoms with Gasteiger partial charge in [-0.1, -0.05) is 23.7 Å². The number of nitrogen functional groups attached to an aromatic ring is 1. The number of nitrogens with zero attached hydrogens (tertiary/aromatic N) is 6. The monoisotopic (exact) mass is 484 g/mol. The quantitative estimate of drug-likeness (QED) is 0.381. The average molecular weight is 485 g/mol. The van der Waals surface area contributed by atoms with Crippen LogP contribution in [-0.4, -0.2) is 35.6 Å². The molecule has 5 rings (SSSR count). The van der Waals surface area contributed by atoms with Gasteiger partial charge in [-0.05, 0) is 49.7 Å². The molecule has 0 unspecified atom stereocenters. The second-order valence-corrected chi connectivity index (χ2v) is 8.52. The first-order valence-corrected chi connectivity index (χ1v) is 11.2. The molecule has 4 heterocycles. The standard InChI is InChI=1S/C25H21ClN8O/c1-14-5-6-18(29-13-14)12-20(35)30-24-23(27)32-25(34-9-7-15(2)33-34)22(31-24)17-10-16-4-3-8-28-21(16)19(26)11-17/h3-11,13H,12H2,1-2H3,(H2,27,32)(H,30,31,35). The third kappa shape index (κ3) is 4.67. The van der Waals surface area contributed by atoms with Crippen LogP contribution in [-0.2, 0) is 11.2 Å². The summed E-state index contributed by atoms with van der Waals surface area (Å²) < 4.78 is 1.59. The lowest BCUT2D eigenvalue weighted by Gasteiger charge is -2.14. The minimum absolute atomic E-state index is 0.0654. The van der Waals surface area contributed by atoms with E-state index in [1.54, 1.807) is 29.3 Å². The Balaban J connectivity index is 1.58. The van der Waals surface area contributed by atoms with Gasteiger partial charge in [0.1, 0.15) is 5.69 Å². The van der Waals surface area contributed by atoms with Crippen LogP contribution in [0.1, 0.15) is 17.0 Å². The topological polar surface area (TPSA) is 124 Å². The largest absolute Gasteiger partial charge is 0.381 e. The summed E-state index contributed by atoms with van der Waals surface area (Å²) in [7, 11) is 0. The summed E-state index contributed by atoms with van der Waals surface area (Å²) in [5, 5.41) is 8.54. The number of anilines is 2. The van der Waals surface area contributed by atoms with Crippen LogP contribution in [0, 0.1) is 13.8 Å². The Bertz CT molecular complexity index is 1560. The van der Waals surface area contributed by atoms with Crippen molar-refractivity contribution in [1.82, 2.24) is 29.7 Å². The first-order chi connectivity index (χ1) is 16.9. The van der Waals surface area contributed by atoms with Crippen molar-refractivity contribution in [1.29, 1.82) is 0 Å². The summed E-state index contributed by atoms with van der Waals surface area (Å²) in [4.78, 5) is 30.6. The molecule has 35 heavy (non-hydrogen) atoms. The number of hydrogen-bond donors (Lipinski definition) is 2. The van der Waals surface area contributed by atoms with Gasteiger partial charge in [-0.3, -0.25) is 14.8 Å². The van der Waals surface area contributed by atoms with E-state index in [4.69, 9.17) is 22.3 Å². The van der Waals surface area contributed by atoms with E-state index in [0.29, 0.717) is 33.3 Å². The van der Waals surface area contributed by atoms with E-state index in [9.17, 15) is 4.79 Å². The minimum Gasteiger partial charge on any atom is -0.381 e. The summed E-state index contributed by atoms with van der Waals surface area (Å²) in [5.74, 6) is 0.313. The predicted molar refractivity (Wildman–Crippen MR) is 135 cm³/mol. The number of carbonyl (C=O) groups excluding carboxylic acids is 1. The van der Waals surface area contributed by atoms with E-state index < -0.39 is 0 Å². The van der Waals surface area contributed by atoms with Crippen molar-refractivity contribution in [3.8, 4) is 17.1 Å². The molecule has 1 amide bonds. The number of carbonyl (C=O) groups is 1. The van der Waals surface area contributed by atoms with Crippen LogP contribution in [0.15, 0.2) is 61.1 Å². The highest BCUT2D eigenvalue weighted by molar-refractivity contribution is 6.35. The fraction of sp³-hybridized carbons (Fsp3) is 0.120. The molecule has 0 aliphatic carbocycles. The van der Waals surface area contributed by atoms with Crippen molar-refractivity contribution < 1.29 is 4.79 Å². The zero-order valence-electron chi connectivity index (χ0n) is 19.0. The van der Waals surface area contributed by atoms with Gasteiger partial charge in [0.25, 0.3) is 0 Å². The van der Waals surface area contributed by atoms with Gasteiger partial charge in [-0.15, -0.1) is 0 Å². The summed E-state index contributed by atoms with van der Waals surface area (Å²) in [5.41, 5.74) is 10.5. The highest BCUT2D eigenvalue weighted by Gasteiger charge is 2.19. The van der Waals surface area contributed by atoms with Crippen molar-refractivity contribution in [3.63, 3.8) is 0 Å². The van der Waals surface area contributed by atoms with E-state index in [2.05, 4.69) is 25.4 Å². The SMILES string of the molecule is Cc1ccc(CC(=O)Nc2nc(-c3cc(Cl)c4ncccc4c3)c(-n3ccc(C)n3)nc2N)nc1. The molecular formula is C25H21ClN8O. The van der Waals surface area contributed by atoms with Gasteiger partial charge < -0.3 is 11.1 Å². The van der Waals surface area contributed by atoms with Crippen LogP contribution >= 0.6 is 11.6 Å². The van der Waals surface area contributed by atoms with Crippen molar-refractivity contribution in [2.24, 2.45) is 0 Å². The molecule has 3 N–H and O–H groups in total. The van der Waals surface area contributed by atoms with Gasteiger partial charge in [0, 0.05) is 35.2 Å². The number of nitrogens with two attached hydrogens (primary N) is 1. The lowest BCUT2D eigenvalue weighted by atomic mass is 10.1. The Morgan fingerprint density at radius 3 is 2.71 bits per heavy atom. The number of benzene rings is 1. The van der Waals surface area contributed by atoms with Crippen LogP contribution < -0.4 is 11.1 Å². The van der Waals surface area contributed by atoms with E-state index >= 15 is 0 Å². The lowest BCUT2D eigenvalue weighted by Crippen LogP contribution is -2.19. The van der Waals surface area contributed by atoms with E-state index in [1.165, 1.54) is 0 Å². The Hall–Kier alpha value is -4.37. The molecule has 1 aromatic carbocycles. The maximum atomic E-state index is 12.7. The van der Waals surface area contributed by atoms with E-state index in [1.807, 2.05) is 50.2 Å². The number of rotatable bonds is 5. The van der Waals surface area contributed by atoms with Crippen molar-refractivity contribution >= 4 is 40.0 Å². The van der Waals surface area contributed by atoms with Gasteiger partial charge in [-0.25, -0.2) is 14.6 Å². The summed E-state index contributed by atoms with van der Waals surface area (Å²) in [6.45, 7) is 3.81. The third-order valence-electron chi connectivity index (χ3n) is 5.35. The fourth-order valence-electron chi connectivity index (χ4n) is 3.65. The highest BCUT2D eigenvalue weighted by atomic mass is 35.5. The molecule has 0 aliphatic rings. The Kier molecular flexibility index (Phi) is 5.84. The second-order valence-electron chi connectivity index (χ2n) is 8.12. The van der Waals surface area contributed by atoms with Gasteiger partial charge >= 0.3 is 0 Å². The Morgan fingerprint density at radius 2 is 1.97 bits per heavy atom. The Morgan fingerprint density at radius 1 is 1.11 bits per heavy atom. The number of aryl methyl sites for hydroxylation is 2. The number of aromatic nitrogens is 6. The molecule has 0 saturated heterocycles. The average Bonchev–Trinajstić information content (AvgIpc) is 3.27. The van der Waals surface area contributed by atoms with Crippen LogP contribution in [0.2, 0.25) is 5.02 Å². The van der Waals surface area contributed by atoms with E-state index in [0.717, 1.165) is 16.6 Å². The molecule has 0 fully saturated rings. The number of hydrogen-bond acceptors (Lipinski definition) is 7. The summed E-state index contributed by atoms with van der Waals surface area (Å²) in [6.07, 6.45) is 5.25. The minimum atomic E-state index is -0.309. The molecule has 0 radical (unpaired) electrons. The number of pyridine rings is 2. The molecule has 0 atom stereocenters. The number of fused-ring (bicyclic) bond motifs is 1. The third-order valence-corrected chi connectivity index (χ3v) is 5.64. The summed E-state index contributed by atoms with van der Waals surface area (Å²) >= 11 is 6.54. The first-order valence-electron chi connectivity index (χ1n) is 10.8. The van der Waals surface area contributed by atoms with Gasteiger partial charge in [0.05, 0.1) is 22.7 Å². The number of halogens is 1. The molecule has 0 bridgehead atoms. The van der Waals surface area contributed by atoms with Gasteiger partial charge in [0.2, 0.25) is 5.91 Å². The molecule has 0 saturated carbocycles. The highest BCUT2D eigenvalue weighted by Crippen LogP contribution is 2.33. The zero-order chi connectivity index (χ0) is 24.5. The predicted octanol–water partition coefficient (Wildman–Crippen LogP) is 4.31. The molecule has 10 heteroatoms. The molecular weight excluding hydrogens is 464 g/mol. The van der Waals surface area contributed by atoms with Crippen molar-refractivity contribution in [3.05, 3.63) is 83.0 Å². The van der Waals surface area contributed by atoms with E-state index in [-0.39, 0.29) is 24.0 Å². The number of amides is 1. The molecule has 5 aromatic rings. The second kappa shape index (κ2) is 9.11. The Labute approximate surface area is 206 Å². The van der Waals surface area contributed by atoms with Crippen LogP contribution in [0.4, 0.5) is 11.6 Å². The van der Waals surface area contributed by atoms with Gasteiger partial charge in [-0.2, -0.15) is 5.10 Å². The normalized spacial score (nSPS) is 11.1. The van der Waals surface area contributed by atoms with Crippen LogP contribution in [0.25, 0.3) is 28.0 Å². The van der Waals surface area contributed by atoms with Crippen LogP contribution in [0.3, 0.4) is 0 Å². The van der Waals surface area contributed by atoms with Gasteiger partial charge in [0.15, 0.2) is 17.5 Å². The molecule has 174 valence electrons. The first kappa shape index (κ1) is 22.4. The zero-order valence-corrected chi connectivity index (χ0v) is 19.8. The molecule has 0 spiro atoms.